The van der Waals surface area contributed by atoms with Gasteiger partial charge in [-0.25, -0.2) is 9.37 Å². The Morgan fingerprint density at radius 2 is 1.75 bits per heavy atom. The molecule has 0 aliphatic rings. The second kappa shape index (κ2) is 13.5. The predicted octanol–water partition coefficient (Wildman–Crippen LogP) is 2.30. The minimum absolute atomic E-state index is 0.0691. The van der Waals surface area contributed by atoms with E-state index in [1.165, 1.54) is 30.1 Å². The van der Waals surface area contributed by atoms with Crippen LogP contribution in [0.2, 0.25) is 0 Å². The van der Waals surface area contributed by atoms with Crippen LogP contribution in [0.4, 0.5) is 4.39 Å². The van der Waals surface area contributed by atoms with Crippen molar-refractivity contribution in [3.63, 3.8) is 0 Å². The number of hydrogen-bond donors (Lipinski definition) is 3. The molecule has 0 bridgehead atoms. The van der Waals surface area contributed by atoms with Gasteiger partial charge in [-0.3, -0.25) is 9.59 Å². The molecule has 0 saturated heterocycles. The summed E-state index contributed by atoms with van der Waals surface area (Å²) in [6.45, 7) is 0.320. The Morgan fingerprint density at radius 1 is 1.03 bits per heavy atom. The van der Waals surface area contributed by atoms with Crippen LogP contribution in [0.15, 0.2) is 53.8 Å². The van der Waals surface area contributed by atoms with E-state index < -0.39 is 0 Å². The van der Waals surface area contributed by atoms with Crippen molar-refractivity contribution in [1.29, 1.82) is 0 Å². The summed E-state index contributed by atoms with van der Waals surface area (Å²) in [5.41, 5.74) is 2.22. The first kappa shape index (κ1) is 27.0. The highest BCUT2D eigenvalue weighted by Gasteiger charge is 2.15. The molecule has 2 aromatic carbocycles. The molecular formula is C25H29FN4O5S. The van der Waals surface area contributed by atoms with E-state index in [-0.39, 0.29) is 43.1 Å². The molecule has 3 N–H and O–H groups in total. The third-order valence-electron chi connectivity index (χ3n) is 5.28. The van der Waals surface area contributed by atoms with Gasteiger partial charge in [-0.1, -0.05) is 30.0 Å². The number of benzene rings is 2. The molecule has 0 atom stereocenters. The SMILES string of the molecule is COc1ccc(CCNC(=O)CSc2ncc(CO)n2CC(=O)NCc2ccc(F)cc2)cc1OC. The number of halogens is 1. The second-order valence-corrected chi connectivity index (χ2v) is 8.70. The highest BCUT2D eigenvalue weighted by atomic mass is 32.2. The number of carbonyl (C=O) groups is 2. The summed E-state index contributed by atoms with van der Waals surface area (Å²) in [5.74, 6) is 0.552. The topological polar surface area (TPSA) is 115 Å². The molecule has 0 aliphatic carbocycles. The quantitative estimate of drug-likeness (QED) is 0.299. The predicted molar refractivity (Wildman–Crippen MR) is 133 cm³/mol. The lowest BCUT2D eigenvalue weighted by atomic mass is 10.1. The third kappa shape index (κ3) is 7.72. The van der Waals surface area contributed by atoms with Gasteiger partial charge in [-0.2, -0.15) is 0 Å². The van der Waals surface area contributed by atoms with Crippen molar-refractivity contribution >= 4 is 23.6 Å². The van der Waals surface area contributed by atoms with Crippen molar-refractivity contribution in [2.75, 3.05) is 26.5 Å². The summed E-state index contributed by atoms with van der Waals surface area (Å²) in [4.78, 5) is 29.0. The minimum atomic E-state index is -0.345. The van der Waals surface area contributed by atoms with Crippen LogP contribution in [0.1, 0.15) is 16.8 Å². The Hall–Kier alpha value is -3.57. The van der Waals surface area contributed by atoms with Gasteiger partial charge < -0.3 is 29.8 Å². The summed E-state index contributed by atoms with van der Waals surface area (Å²) in [5, 5.41) is 15.7. The molecular weight excluding hydrogens is 487 g/mol. The van der Waals surface area contributed by atoms with Crippen LogP contribution in [0.3, 0.4) is 0 Å². The first-order chi connectivity index (χ1) is 17.4. The van der Waals surface area contributed by atoms with Crippen molar-refractivity contribution in [3.8, 4) is 11.5 Å². The number of rotatable bonds is 13. The van der Waals surface area contributed by atoms with Crippen LogP contribution in [-0.2, 0) is 35.7 Å². The van der Waals surface area contributed by atoms with Crippen molar-refractivity contribution in [2.45, 2.75) is 31.3 Å². The first-order valence-corrected chi connectivity index (χ1v) is 12.2. The molecule has 2 amide bonds. The fourth-order valence-electron chi connectivity index (χ4n) is 3.37. The molecule has 1 aromatic heterocycles. The summed E-state index contributed by atoms with van der Waals surface area (Å²) in [6.07, 6.45) is 2.10. The van der Waals surface area contributed by atoms with Crippen molar-refractivity contribution in [2.24, 2.45) is 0 Å². The maximum atomic E-state index is 13.0. The smallest absolute Gasteiger partial charge is 0.240 e. The Kier molecular flexibility index (Phi) is 10.1. The van der Waals surface area contributed by atoms with E-state index in [2.05, 4.69) is 15.6 Å². The van der Waals surface area contributed by atoms with Crippen molar-refractivity contribution < 1.29 is 28.6 Å². The molecule has 3 rings (SSSR count). The Bertz CT molecular complexity index is 1170. The fourth-order valence-corrected chi connectivity index (χ4v) is 4.20. The molecule has 0 unspecified atom stereocenters. The first-order valence-electron chi connectivity index (χ1n) is 11.2. The van der Waals surface area contributed by atoms with E-state index in [0.717, 1.165) is 11.1 Å². The molecule has 0 fully saturated rings. The van der Waals surface area contributed by atoms with Crippen LogP contribution in [-0.4, -0.2) is 53.0 Å². The van der Waals surface area contributed by atoms with E-state index in [9.17, 15) is 19.1 Å². The van der Waals surface area contributed by atoms with Crippen LogP contribution in [0.25, 0.3) is 0 Å². The number of aliphatic hydroxyl groups is 1. The molecule has 11 heteroatoms. The summed E-state index contributed by atoms with van der Waals surface area (Å²) < 4.78 is 25.1. The van der Waals surface area contributed by atoms with Gasteiger partial charge in [0.15, 0.2) is 16.7 Å². The average molecular weight is 517 g/mol. The zero-order chi connectivity index (χ0) is 25.9. The molecule has 0 aliphatic heterocycles. The molecule has 0 radical (unpaired) electrons. The van der Waals surface area contributed by atoms with Crippen molar-refractivity contribution in [3.05, 3.63) is 71.3 Å². The van der Waals surface area contributed by atoms with Gasteiger partial charge in [0.2, 0.25) is 11.8 Å². The standard InChI is InChI=1S/C25H29FN4O5S/c1-34-21-8-5-17(11-22(21)35-2)9-10-27-24(33)16-36-25-29-13-20(15-31)30(25)14-23(32)28-12-18-3-6-19(26)7-4-18/h3-8,11,13,31H,9-10,12,14-16H2,1-2H3,(H,27,33)(H,28,32). The number of aliphatic hydroxyl groups excluding tert-OH is 1. The lowest BCUT2D eigenvalue weighted by Crippen LogP contribution is -2.29. The second-order valence-electron chi connectivity index (χ2n) is 7.76. The van der Waals surface area contributed by atoms with E-state index in [1.54, 1.807) is 30.9 Å². The number of carbonyl (C=O) groups excluding carboxylic acids is 2. The summed E-state index contributed by atoms with van der Waals surface area (Å²) in [7, 11) is 3.15. The maximum absolute atomic E-state index is 13.0. The van der Waals surface area contributed by atoms with E-state index in [1.807, 2.05) is 18.2 Å². The highest BCUT2D eigenvalue weighted by molar-refractivity contribution is 7.99. The zero-order valence-corrected chi connectivity index (χ0v) is 20.9. The van der Waals surface area contributed by atoms with Crippen LogP contribution in [0, 0.1) is 5.82 Å². The van der Waals surface area contributed by atoms with Gasteiger partial charge >= 0.3 is 0 Å². The summed E-state index contributed by atoms with van der Waals surface area (Å²) >= 11 is 1.18. The van der Waals surface area contributed by atoms with E-state index in [0.29, 0.717) is 35.3 Å². The van der Waals surface area contributed by atoms with Gasteiger partial charge in [0.05, 0.1) is 38.5 Å². The lowest BCUT2D eigenvalue weighted by molar-refractivity contribution is -0.122. The van der Waals surface area contributed by atoms with Gasteiger partial charge in [0, 0.05) is 13.1 Å². The number of aromatic nitrogens is 2. The number of nitrogens with zero attached hydrogens (tertiary/aromatic N) is 2. The van der Waals surface area contributed by atoms with Crippen LogP contribution >= 0.6 is 11.8 Å². The van der Waals surface area contributed by atoms with Gasteiger partial charge in [0.25, 0.3) is 0 Å². The number of ether oxygens (including phenoxy) is 2. The third-order valence-corrected chi connectivity index (χ3v) is 6.27. The fraction of sp³-hybridized carbons (Fsp3) is 0.320. The van der Waals surface area contributed by atoms with Crippen LogP contribution < -0.4 is 20.1 Å². The molecule has 9 nitrogen and oxygen atoms in total. The number of amides is 2. The van der Waals surface area contributed by atoms with Crippen LogP contribution in [0.5, 0.6) is 11.5 Å². The Morgan fingerprint density at radius 3 is 2.44 bits per heavy atom. The highest BCUT2D eigenvalue weighted by Crippen LogP contribution is 2.27. The molecule has 36 heavy (non-hydrogen) atoms. The minimum Gasteiger partial charge on any atom is -0.493 e. The normalized spacial score (nSPS) is 10.7. The molecule has 1 heterocycles. The average Bonchev–Trinajstić information content (AvgIpc) is 3.28. The number of imidazole rings is 1. The maximum Gasteiger partial charge on any atom is 0.240 e. The molecule has 0 spiro atoms. The van der Waals surface area contributed by atoms with E-state index >= 15 is 0 Å². The Labute approximate surface area is 213 Å². The van der Waals surface area contributed by atoms with Gasteiger partial charge in [-0.15, -0.1) is 0 Å². The molecule has 192 valence electrons. The Balaban J connectivity index is 1.48. The van der Waals surface area contributed by atoms with Gasteiger partial charge in [-0.05, 0) is 41.8 Å². The zero-order valence-electron chi connectivity index (χ0n) is 20.1. The number of methoxy groups -OCH3 is 2. The van der Waals surface area contributed by atoms with E-state index in [4.69, 9.17) is 9.47 Å². The monoisotopic (exact) mass is 516 g/mol. The molecule has 3 aromatic rings. The molecule has 0 saturated carbocycles. The number of hydrogen-bond acceptors (Lipinski definition) is 7. The summed E-state index contributed by atoms with van der Waals surface area (Å²) in [6, 6.07) is 11.4. The van der Waals surface area contributed by atoms with Gasteiger partial charge in [0.1, 0.15) is 12.4 Å². The largest absolute Gasteiger partial charge is 0.493 e. The lowest BCUT2D eigenvalue weighted by Gasteiger charge is -2.12. The van der Waals surface area contributed by atoms with Crippen molar-refractivity contribution in [1.82, 2.24) is 20.2 Å². The number of nitrogens with one attached hydrogen (secondary N) is 2. The number of thioether (sulfide) groups is 1.